The highest BCUT2D eigenvalue weighted by Crippen LogP contribution is 2.27. The van der Waals surface area contributed by atoms with E-state index in [0.29, 0.717) is 13.2 Å². The fourth-order valence-corrected chi connectivity index (χ4v) is 2.38. The van der Waals surface area contributed by atoms with E-state index in [9.17, 15) is 20.2 Å². The second kappa shape index (κ2) is 9.97. The maximum atomic E-state index is 10.9. The fourth-order valence-electron chi connectivity index (χ4n) is 2.38. The van der Waals surface area contributed by atoms with E-state index in [4.69, 9.17) is 9.47 Å². The maximum Gasteiger partial charge on any atom is 0.310 e. The summed E-state index contributed by atoms with van der Waals surface area (Å²) in [5.74, 6) is 0.550. The molecule has 0 radical (unpaired) electrons. The number of nitro benzene ring substituents is 2. The molecule has 0 N–H and O–H groups in total. The third kappa shape index (κ3) is 5.73. The van der Waals surface area contributed by atoms with Crippen LogP contribution in [-0.2, 0) is 0 Å². The van der Waals surface area contributed by atoms with Crippen LogP contribution in [-0.4, -0.2) is 23.1 Å². The Morgan fingerprint density at radius 2 is 1.04 bits per heavy atom. The molecule has 0 bridgehead atoms. The minimum atomic E-state index is -0.463. The molecule has 0 spiro atoms. The molecule has 2 rings (SSSR count). The molecule has 0 heterocycles. The van der Waals surface area contributed by atoms with Crippen LogP contribution in [0.1, 0.15) is 25.7 Å². The van der Waals surface area contributed by atoms with Gasteiger partial charge in [0.15, 0.2) is 11.5 Å². The van der Waals surface area contributed by atoms with Crippen LogP contribution < -0.4 is 9.47 Å². The highest BCUT2D eigenvalue weighted by atomic mass is 16.6. The number of hydrogen-bond donors (Lipinski definition) is 0. The van der Waals surface area contributed by atoms with Gasteiger partial charge in [0, 0.05) is 12.1 Å². The average Bonchev–Trinajstić information content (AvgIpc) is 2.64. The van der Waals surface area contributed by atoms with Gasteiger partial charge in [-0.15, -0.1) is 0 Å². The fraction of sp³-hybridized carbons (Fsp3) is 0.333. The third-order valence-electron chi connectivity index (χ3n) is 3.68. The van der Waals surface area contributed by atoms with Gasteiger partial charge in [-0.3, -0.25) is 20.2 Å². The highest BCUT2D eigenvalue weighted by molar-refractivity contribution is 5.46. The molecule has 0 aromatic heterocycles. The van der Waals surface area contributed by atoms with Crippen molar-refractivity contribution < 1.29 is 19.3 Å². The molecule has 2 aromatic rings. The van der Waals surface area contributed by atoms with Crippen LogP contribution in [0.25, 0.3) is 0 Å². The summed E-state index contributed by atoms with van der Waals surface area (Å²) in [6.07, 6.45) is 3.27. The van der Waals surface area contributed by atoms with Gasteiger partial charge in [0.25, 0.3) is 0 Å². The van der Waals surface area contributed by atoms with Crippen LogP contribution in [0, 0.1) is 20.2 Å². The predicted octanol–water partition coefficient (Wildman–Crippen LogP) is 4.52. The molecule has 2 aromatic carbocycles. The first-order chi connectivity index (χ1) is 12.6. The zero-order valence-electron chi connectivity index (χ0n) is 14.2. The molecule has 0 saturated heterocycles. The number of rotatable bonds is 11. The number of para-hydroxylation sites is 4. The summed E-state index contributed by atoms with van der Waals surface area (Å²) in [7, 11) is 0. The largest absolute Gasteiger partial charge is 0.487 e. The first kappa shape index (κ1) is 19.2. The molecule has 138 valence electrons. The number of hydrogen-bond acceptors (Lipinski definition) is 6. The van der Waals surface area contributed by atoms with Crippen LogP contribution in [0.15, 0.2) is 48.5 Å². The van der Waals surface area contributed by atoms with Crippen LogP contribution in [0.3, 0.4) is 0 Å². The normalized spacial score (nSPS) is 10.3. The Kier molecular flexibility index (Phi) is 7.35. The third-order valence-corrected chi connectivity index (χ3v) is 3.68. The summed E-state index contributed by atoms with van der Waals surface area (Å²) >= 11 is 0. The van der Waals surface area contributed by atoms with Gasteiger partial charge in [0.2, 0.25) is 0 Å². The lowest BCUT2D eigenvalue weighted by atomic mass is 10.2. The second-order valence-electron chi connectivity index (χ2n) is 5.56. The maximum absolute atomic E-state index is 10.9. The van der Waals surface area contributed by atoms with Crippen molar-refractivity contribution in [2.75, 3.05) is 13.2 Å². The van der Waals surface area contributed by atoms with Gasteiger partial charge in [0.1, 0.15) is 0 Å². The summed E-state index contributed by atoms with van der Waals surface area (Å²) in [5, 5.41) is 21.8. The highest BCUT2D eigenvalue weighted by Gasteiger charge is 2.14. The van der Waals surface area contributed by atoms with Crippen molar-refractivity contribution in [1.29, 1.82) is 0 Å². The summed E-state index contributed by atoms with van der Waals surface area (Å²) < 4.78 is 10.9. The molecule has 8 heteroatoms. The molecular formula is C18H20N2O6. The predicted molar refractivity (Wildman–Crippen MR) is 95.7 cm³/mol. The minimum Gasteiger partial charge on any atom is -0.487 e. The Labute approximate surface area is 150 Å². The number of unbranched alkanes of at least 4 members (excludes halogenated alkanes) is 3. The zero-order chi connectivity index (χ0) is 18.8. The first-order valence-electron chi connectivity index (χ1n) is 8.32. The summed E-state index contributed by atoms with van der Waals surface area (Å²) in [4.78, 5) is 20.8. The summed E-state index contributed by atoms with van der Waals surface area (Å²) in [5.41, 5.74) is -0.0734. The second-order valence-corrected chi connectivity index (χ2v) is 5.56. The van der Waals surface area contributed by atoms with Crippen molar-refractivity contribution in [3.63, 3.8) is 0 Å². The van der Waals surface area contributed by atoms with E-state index < -0.39 is 9.85 Å². The molecule has 0 aliphatic heterocycles. The number of nitro groups is 2. The summed E-state index contributed by atoms with van der Waals surface area (Å²) in [6, 6.07) is 12.6. The summed E-state index contributed by atoms with van der Waals surface area (Å²) in [6.45, 7) is 0.797. The Morgan fingerprint density at radius 3 is 1.42 bits per heavy atom. The Bertz CT molecular complexity index is 686. The van der Waals surface area contributed by atoms with Crippen LogP contribution in [0.4, 0.5) is 11.4 Å². The molecule has 0 saturated carbocycles. The molecule has 0 aliphatic carbocycles. The molecule has 0 aliphatic rings. The Hall–Kier alpha value is -3.16. The van der Waals surface area contributed by atoms with Crippen molar-refractivity contribution in [2.24, 2.45) is 0 Å². The molecule has 26 heavy (non-hydrogen) atoms. The van der Waals surface area contributed by atoms with Gasteiger partial charge >= 0.3 is 11.4 Å². The Morgan fingerprint density at radius 1 is 0.654 bits per heavy atom. The van der Waals surface area contributed by atoms with Gasteiger partial charge in [-0.2, -0.15) is 0 Å². The van der Waals surface area contributed by atoms with Crippen molar-refractivity contribution >= 4 is 11.4 Å². The van der Waals surface area contributed by atoms with Gasteiger partial charge in [-0.05, 0) is 37.8 Å². The van der Waals surface area contributed by atoms with Crippen molar-refractivity contribution in [1.82, 2.24) is 0 Å². The molecule has 0 fully saturated rings. The molecule has 0 amide bonds. The van der Waals surface area contributed by atoms with Crippen LogP contribution in [0.5, 0.6) is 11.5 Å². The van der Waals surface area contributed by atoms with E-state index in [0.717, 1.165) is 25.7 Å². The van der Waals surface area contributed by atoms with Gasteiger partial charge < -0.3 is 9.47 Å². The lowest BCUT2D eigenvalue weighted by molar-refractivity contribution is -0.386. The molecule has 0 unspecified atom stereocenters. The molecule has 0 atom stereocenters. The lowest BCUT2D eigenvalue weighted by Gasteiger charge is -2.07. The van der Waals surface area contributed by atoms with Gasteiger partial charge in [-0.1, -0.05) is 24.3 Å². The molecule has 8 nitrogen and oxygen atoms in total. The zero-order valence-corrected chi connectivity index (χ0v) is 14.2. The van der Waals surface area contributed by atoms with Crippen LogP contribution in [0.2, 0.25) is 0 Å². The van der Waals surface area contributed by atoms with Crippen molar-refractivity contribution in [3.05, 3.63) is 68.8 Å². The number of ether oxygens (including phenoxy) is 2. The van der Waals surface area contributed by atoms with Crippen molar-refractivity contribution in [3.8, 4) is 11.5 Å². The Balaban J connectivity index is 1.62. The van der Waals surface area contributed by atoms with E-state index in [1.54, 1.807) is 36.4 Å². The van der Waals surface area contributed by atoms with Gasteiger partial charge in [-0.25, -0.2) is 0 Å². The average molecular weight is 360 g/mol. The van der Waals surface area contributed by atoms with E-state index in [1.165, 1.54) is 12.1 Å². The first-order valence-corrected chi connectivity index (χ1v) is 8.32. The quantitative estimate of drug-likeness (QED) is 0.331. The number of benzene rings is 2. The standard InChI is InChI=1S/C18H20N2O6/c21-19(22)15-9-3-5-11-17(15)25-13-7-1-2-8-14-26-18-12-6-4-10-16(18)20(23)24/h3-6,9-12H,1-2,7-8,13-14H2. The smallest absolute Gasteiger partial charge is 0.310 e. The van der Waals surface area contributed by atoms with Gasteiger partial charge in [0.05, 0.1) is 23.1 Å². The topological polar surface area (TPSA) is 105 Å². The minimum absolute atomic E-state index is 0.0367. The van der Waals surface area contributed by atoms with Crippen LogP contribution >= 0.6 is 0 Å². The SMILES string of the molecule is O=[N+]([O-])c1ccccc1OCCCCCCOc1ccccc1[N+](=O)[O-]. The van der Waals surface area contributed by atoms with Crippen molar-refractivity contribution in [2.45, 2.75) is 25.7 Å². The van der Waals surface area contributed by atoms with E-state index in [-0.39, 0.29) is 22.9 Å². The molecular weight excluding hydrogens is 340 g/mol. The number of nitrogens with zero attached hydrogens (tertiary/aromatic N) is 2. The van der Waals surface area contributed by atoms with E-state index in [2.05, 4.69) is 0 Å². The monoisotopic (exact) mass is 360 g/mol. The van der Waals surface area contributed by atoms with E-state index in [1.807, 2.05) is 0 Å². The van der Waals surface area contributed by atoms with E-state index >= 15 is 0 Å². The lowest BCUT2D eigenvalue weighted by Crippen LogP contribution is -2.02.